The molecule has 4 nitrogen and oxygen atoms in total. The van der Waals surface area contributed by atoms with Crippen molar-refractivity contribution in [2.45, 2.75) is 32.0 Å². The highest BCUT2D eigenvalue weighted by Crippen LogP contribution is 2.20. The molecule has 2 unspecified atom stereocenters. The maximum absolute atomic E-state index is 11.6. The van der Waals surface area contributed by atoms with E-state index < -0.39 is 12.2 Å². The molecule has 0 bridgehead atoms. The van der Waals surface area contributed by atoms with Crippen molar-refractivity contribution in [3.05, 3.63) is 35.4 Å². The van der Waals surface area contributed by atoms with Crippen molar-refractivity contribution < 1.29 is 15.0 Å². The summed E-state index contributed by atoms with van der Waals surface area (Å²) in [6.45, 7) is 2.43. The molecule has 18 heavy (non-hydrogen) atoms. The van der Waals surface area contributed by atoms with Gasteiger partial charge < -0.3 is 15.5 Å². The summed E-state index contributed by atoms with van der Waals surface area (Å²) in [5.41, 5.74) is 1.16. The smallest absolute Gasteiger partial charge is 0.162 e. The summed E-state index contributed by atoms with van der Waals surface area (Å²) < 4.78 is 0. The van der Waals surface area contributed by atoms with Crippen LogP contribution in [-0.2, 0) is 0 Å². The Morgan fingerprint density at radius 3 is 2.72 bits per heavy atom. The summed E-state index contributed by atoms with van der Waals surface area (Å²) in [4.78, 5) is 11.6. The maximum atomic E-state index is 11.6. The van der Waals surface area contributed by atoms with E-state index in [1.165, 1.54) is 0 Å². The van der Waals surface area contributed by atoms with Crippen molar-refractivity contribution >= 4 is 5.78 Å². The van der Waals surface area contributed by atoms with Crippen LogP contribution in [0.2, 0.25) is 0 Å². The average Bonchev–Trinajstić information content (AvgIpc) is 2.43. The van der Waals surface area contributed by atoms with E-state index in [0.717, 1.165) is 0 Å². The highest BCUT2D eigenvalue weighted by molar-refractivity contribution is 5.95. The van der Waals surface area contributed by atoms with Crippen LogP contribution < -0.4 is 5.32 Å². The summed E-state index contributed by atoms with van der Waals surface area (Å²) in [6.07, 6.45) is -0.891. The van der Waals surface area contributed by atoms with Gasteiger partial charge in [0.25, 0.3) is 0 Å². The second-order valence-electron chi connectivity index (χ2n) is 4.31. The molecule has 0 heterocycles. The molecular formula is C14H21NO3. The Hall–Kier alpha value is -1.23. The molecule has 1 rings (SSSR count). The summed E-state index contributed by atoms with van der Waals surface area (Å²) in [5, 5.41) is 22.7. The van der Waals surface area contributed by atoms with E-state index in [1.807, 2.05) is 0 Å². The van der Waals surface area contributed by atoms with Crippen LogP contribution in [0.1, 0.15) is 41.8 Å². The van der Waals surface area contributed by atoms with Crippen LogP contribution >= 0.6 is 0 Å². The van der Waals surface area contributed by atoms with Crippen LogP contribution in [-0.4, -0.2) is 35.7 Å². The standard InChI is InChI=1S/C14H21NO3/c1-3-12(16)10-5-4-6-11(9-10)14(18)13(17)7-8-15-2/h4-6,9,13-15,17-18H,3,7-8H2,1-2H3. The van der Waals surface area contributed by atoms with Crippen LogP contribution in [0.25, 0.3) is 0 Å². The molecule has 0 amide bonds. The van der Waals surface area contributed by atoms with Crippen LogP contribution in [0.15, 0.2) is 24.3 Å². The van der Waals surface area contributed by atoms with Crippen molar-refractivity contribution in [3.8, 4) is 0 Å². The molecule has 0 spiro atoms. The van der Waals surface area contributed by atoms with Crippen molar-refractivity contribution in [3.63, 3.8) is 0 Å². The Morgan fingerprint density at radius 1 is 1.39 bits per heavy atom. The summed E-state index contributed by atoms with van der Waals surface area (Å²) >= 11 is 0. The monoisotopic (exact) mass is 251 g/mol. The first-order valence-corrected chi connectivity index (χ1v) is 6.24. The lowest BCUT2D eigenvalue weighted by Crippen LogP contribution is -2.23. The fourth-order valence-corrected chi connectivity index (χ4v) is 1.77. The minimum absolute atomic E-state index is 0.0359. The zero-order valence-corrected chi connectivity index (χ0v) is 10.9. The summed E-state index contributed by atoms with van der Waals surface area (Å²) in [6, 6.07) is 6.83. The summed E-state index contributed by atoms with van der Waals surface area (Å²) in [5.74, 6) is 0.0359. The Bertz CT molecular complexity index is 392. The molecule has 3 N–H and O–H groups in total. The predicted octanol–water partition coefficient (Wildman–Crippen LogP) is 1.28. The molecule has 2 atom stereocenters. The molecular weight excluding hydrogens is 230 g/mol. The first-order chi connectivity index (χ1) is 8.60. The second kappa shape index (κ2) is 7.26. The lowest BCUT2D eigenvalue weighted by Gasteiger charge is -2.18. The minimum atomic E-state index is -0.956. The molecule has 1 aromatic rings. The number of Topliss-reactive ketones (excluding diaryl/α,β-unsaturated/α-hetero) is 1. The van der Waals surface area contributed by atoms with E-state index in [2.05, 4.69) is 5.32 Å². The number of aliphatic hydroxyl groups is 2. The Morgan fingerprint density at radius 2 is 2.11 bits per heavy atom. The normalized spacial score (nSPS) is 14.2. The second-order valence-corrected chi connectivity index (χ2v) is 4.31. The molecule has 0 aliphatic heterocycles. The number of carbonyl (C=O) groups is 1. The van der Waals surface area contributed by atoms with Crippen molar-refractivity contribution in [2.24, 2.45) is 0 Å². The zero-order valence-electron chi connectivity index (χ0n) is 10.9. The molecule has 0 radical (unpaired) electrons. The van der Waals surface area contributed by atoms with Gasteiger partial charge in [0.15, 0.2) is 5.78 Å². The van der Waals surface area contributed by atoms with Gasteiger partial charge in [-0.15, -0.1) is 0 Å². The number of carbonyl (C=O) groups excluding carboxylic acids is 1. The highest BCUT2D eigenvalue weighted by atomic mass is 16.3. The topological polar surface area (TPSA) is 69.6 Å². The molecule has 0 aliphatic rings. The van der Waals surface area contributed by atoms with Gasteiger partial charge in [-0.25, -0.2) is 0 Å². The number of rotatable bonds is 7. The first-order valence-electron chi connectivity index (χ1n) is 6.24. The predicted molar refractivity (Wildman–Crippen MR) is 70.6 cm³/mol. The van der Waals surface area contributed by atoms with Crippen molar-refractivity contribution in [2.75, 3.05) is 13.6 Å². The van der Waals surface area contributed by atoms with Gasteiger partial charge in [-0.1, -0.05) is 25.1 Å². The number of hydrogen-bond acceptors (Lipinski definition) is 4. The van der Waals surface area contributed by atoms with Crippen molar-refractivity contribution in [1.82, 2.24) is 5.32 Å². The largest absolute Gasteiger partial charge is 0.390 e. The van der Waals surface area contributed by atoms with Gasteiger partial charge >= 0.3 is 0 Å². The lowest BCUT2D eigenvalue weighted by atomic mass is 9.98. The molecule has 1 aromatic carbocycles. The third-order valence-corrected chi connectivity index (χ3v) is 2.93. The van der Waals surface area contributed by atoms with Gasteiger partial charge in [-0.05, 0) is 31.6 Å². The minimum Gasteiger partial charge on any atom is -0.390 e. The van der Waals surface area contributed by atoms with Crippen LogP contribution in [0, 0.1) is 0 Å². The fraction of sp³-hybridized carbons (Fsp3) is 0.500. The van der Waals surface area contributed by atoms with E-state index >= 15 is 0 Å². The van der Waals surface area contributed by atoms with Gasteiger partial charge in [0, 0.05) is 12.0 Å². The average molecular weight is 251 g/mol. The van der Waals surface area contributed by atoms with E-state index in [0.29, 0.717) is 30.5 Å². The van der Waals surface area contributed by atoms with E-state index in [-0.39, 0.29) is 5.78 Å². The first kappa shape index (κ1) is 14.8. The Balaban J connectivity index is 2.79. The zero-order chi connectivity index (χ0) is 13.5. The van der Waals surface area contributed by atoms with Crippen LogP contribution in [0.5, 0.6) is 0 Å². The van der Waals surface area contributed by atoms with Gasteiger partial charge in [0.2, 0.25) is 0 Å². The number of ketones is 1. The third kappa shape index (κ3) is 3.91. The van der Waals surface area contributed by atoms with Gasteiger partial charge in [0.1, 0.15) is 6.10 Å². The molecule has 100 valence electrons. The number of nitrogens with one attached hydrogen (secondary N) is 1. The number of aliphatic hydroxyl groups excluding tert-OH is 2. The molecule has 0 aliphatic carbocycles. The van der Waals surface area contributed by atoms with E-state index in [1.54, 1.807) is 38.2 Å². The Labute approximate surface area is 108 Å². The third-order valence-electron chi connectivity index (χ3n) is 2.93. The van der Waals surface area contributed by atoms with Crippen LogP contribution in [0.3, 0.4) is 0 Å². The van der Waals surface area contributed by atoms with Crippen molar-refractivity contribution in [1.29, 1.82) is 0 Å². The maximum Gasteiger partial charge on any atom is 0.162 e. The van der Waals surface area contributed by atoms with E-state index in [9.17, 15) is 15.0 Å². The van der Waals surface area contributed by atoms with Gasteiger partial charge in [-0.3, -0.25) is 4.79 Å². The molecule has 0 saturated heterocycles. The molecule has 0 saturated carbocycles. The number of benzene rings is 1. The SMILES string of the molecule is CCC(=O)c1cccc(C(O)C(O)CCNC)c1. The summed E-state index contributed by atoms with van der Waals surface area (Å²) in [7, 11) is 1.79. The Kier molecular flexibility index (Phi) is 5.98. The van der Waals surface area contributed by atoms with Gasteiger partial charge in [0.05, 0.1) is 6.10 Å². The molecule has 4 heteroatoms. The van der Waals surface area contributed by atoms with Gasteiger partial charge in [-0.2, -0.15) is 0 Å². The lowest BCUT2D eigenvalue weighted by molar-refractivity contribution is 0.0140. The van der Waals surface area contributed by atoms with E-state index in [4.69, 9.17) is 0 Å². The number of hydrogen-bond donors (Lipinski definition) is 3. The molecule has 0 fully saturated rings. The fourth-order valence-electron chi connectivity index (χ4n) is 1.77. The molecule has 0 aromatic heterocycles. The quantitative estimate of drug-likeness (QED) is 0.639. The highest BCUT2D eigenvalue weighted by Gasteiger charge is 2.18. The van der Waals surface area contributed by atoms with Crippen LogP contribution in [0.4, 0.5) is 0 Å².